The summed E-state index contributed by atoms with van der Waals surface area (Å²) >= 11 is 0. The van der Waals surface area contributed by atoms with Crippen LogP contribution in [0.3, 0.4) is 0 Å². The zero-order valence-corrected chi connectivity index (χ0v) is 12.7. The summed E-state index contributed by atoms with van der Waals surface area (Å²) in [5.74, 6) is 0.377. The second-order valence-electron chi connectivity index (χ2n) is 6.27. The molecule has 23 heavy (non-hydrogen) atoms. The lowest BCUT2D eigenvalue weighted by Gasteiger charge is -2.13. The van der Waals surface area contributed by atoms with Gasteiger partial charge in [0.05, 0.1) is 0 Å². The molecule has 0 spiro atoms. The van der Waals surface area contributed by atoms with Crippen LogP contribution in [0.4, 0.5) is 0 Å². The van der Waals surface area contributed by atoms with Crippen LogP contribution in [0.25, 0.3) is 27.6 Å². The largest absolute Gasteiger partial charge is 0.0720 e. The summed E-state index contributed by atoms with van der Waals surface area (Å²) in [6.45, 7) is 0. The molecule has 0 saturated carbocycles. The molecule has 0 N–H and O–H groups in total. The highest BCUT2D eigenvalue weighted by Gasteiger charge is 2.18. The van der Waals surface area contributed by atoms with Gasteiger partial charge in [0.2, 0.25) is 0 Å². The van der Waals surface area contributed by atoms with Gasteiger partial charge in [-0.25, -0.2) is 0 Å². The molecule has 1 unspecified atom stereocenters. The molecule has 1 atom stereocenters. The minimum Gasteiger partial charge on any atom is -0.0720 e. The lowest BCUT2D eigenvalue weighted by atomic mass is 9.91. The number of rotatable bonds is 1. The van der Waals surface area contributed by atoms with Crippen LogP contribution in [0.5, 0.6) is 0 Å². The Bertz CT molecular complexity index is 1070. The molecular weight excluding hydrogens is 276 g/mol. The van der Waals surface area contributed by atoms with Crippen molar-refractivity contribution in [2.45, 2.75) is 5.92 Å². The number of hydrogen-bond donors (Lipinski definition) is 0. The first-order valence-corrected chi connectivity index (χ1v) is 8.08. The minimum absolute atomic E-state index is 0.377. The molecule has 0 heteroatoms. The molecule has 5 rings (SSSR count). The summed E-state index contributed by atoms with van der Waals surface area (Å²) in [4.78, 5) is 0. The Morgan fingerprint density at radius 1 is 0.565 bits per heavy atom. The molecular formula is C23H16. The van der Waals surface area contributed by atoms with Gasteiger partial charge in [0, 0.05) is 5.92 Å². The zero-order valence-electron chi connectivity index (χ0n) is 12.7. The topological polar surface area (TPSA) is 0 Å². The van der Waals surface area contributed by atoms with E-state index in [-0.39, 0.29) is 0 Å². The summed E-state index contributed by atoms with van der Waals surface area (Å²) in [5.41, 5.74) is 4.12. The highest BCUT2D eigenvalue weighted by atomic mass is 14.2. The van der Waals surface area contributed by atoms with Crippen molar-refractivity contribution < 1.29 is 0 Å². The Morgan fingerprint density at radius 2 is 1.26 bits per heavy atom. The molecule has 108 valence electrons. The third kappa shape index (κ3) is 1.99. The summed E-state index contributed by atoms with van der Waals surface area (Å²) in [5, 5.41) is 5.24. The minimum atomic E-state index is 0.377. The molecule has 0 radical (unpaired) electrons. The van der Waals surface area contributed by atoms with Gasteiger partial charge in [-0.1, -0.05) is 78.9 Å². The molecule has 0 nitrogen and oxygen atoms in total. The van der Waals surface area contributed by atoms with Crippen molar-refractivity contribution >= 4 is 27.6 Å². The van der Waals surface area contributed by atoms with Crippen molar-refractivity contribution in [3.8, 4) is 0 Å². The van der Waals surface area contributed by atoms with E-state index < -0.39 is 0 Å². The monoisotopic (exact) mass is 292 g/mol. The van der Waals surface area contributed by atoms with Crippen LogP contribution in [0.2, 0.25) is 0 Å². The Kier molecular flexibility index (Phi) is 2.65. The van der Waals surface area contributed by atoms with Crippen LogP contribution in [0.15, 0.2) is 84.9 Å². The Balaban J connectivity index is 1.69. The predicted octanol–water partition coefficient (Wildman–Crippen LogP) is 6.15. The van der Waals surface area contributed by atoms with Gasteiger partial charge in [0.1, 0.15) is 0 Å². The van der Waals surface area contributed by atoms with Gasteiger partial charge in [0.25, 0.3) is 0 Å². The number of fused-ring (bicyclic) bond motifs is 3. The highest BCUT2D eigenvalue weighted by molar-refractivity contribution is 5.98. The van der Waals surface area contributed by atoms with E-state index >= 15 is 0 Å². The smallest absolute Gasteiger partial charge is 0.0278 e. The first-order valence-electron chi connectivity index (χ1n) is 8.08. The van der Waals surface area contributed by atoms with Crippen LogP contribution >= 0.6 is 0 Å². The molecule has 0 heterocycles. The molecule has 0 amide bonds. The van der Waals surface area contributed by atoms with Gasteiger partial charge in [-0.15, -0.1) is 0 Å². The fraction of sp³-hybridized carbons (Fsp3) is 0.0435. The van der Waals surface area contributed by atoms with E-state index in [1.807, 2.05) is 0 Å². The summed E-state index contributed by atoms with van der Waals surface area (Å²) < 4.78 is 0. The van der Waals surface area contributed by atoms with Gasteiger partial charge in [-0.3, -0.25) is 0 Å². The summed E-state index contributed by atoms with van der Waals surface area (Å²) in [6.07, 6.45) is 4.55. The van der Waals surface area contributed by atoms with Crippen LogP contribution < -0.4 is 0 Å². The Morgan fingerprint density at radius 3 is 2.13 bits per heavy atom. The van der Waals surface area contributed by atoms with Crippen molar-refractivity contribution in [2.24, 2.45) is 0 Å². The molecule has 4 aromatic carbocycles. The van der Waals surface area contributed by atoms with Crippen molar-refractivity contribution in [3.63, 3.8) is 0 Å². The zero-order chi connectivity index (χ0) is 15.2. The molecule has 0 aliphatic heterocycles. The van der Waals surface area contributed by atoms with E-state index in [2.05, 4.69) is 91.0 Å². The van der Waals surface area contributed by atoms with Gasteiger partial charge < -0.3 is 0 Å². The van der Waals surface area contributed by atoms with E-state index in [0.29, 0.717) is 5.92 Å². The third-order valence-electron chi connectivity index (χ3n) is 4.89. The van der Waals surface area contributed by atoms with Crippen LogP contribution in [-0.2, 0) is 0 Å². The van der Waals surface area contributed by atoms with Gasteiger partial charge in [-0.2, -0.15) is 0 Å². The Hall–Kier alpha value is -2.86. The Labute approximate surface area is 135 Å². The van der Waals surface area contributed by atoms with Crippen molar-refractivity contribution in [2.75, 3.05) is 0 Å². The second-order valence-corrected chi connectivity index (χ2v) is 6.27. The van der Waals surface area contributed by atoms with Crippen LogP contribution in [0, 0.1) is 0 Å². The van der Waals surface area contributed by atoms with E-state index in [1.54, 1.807) is 0 Å². The molecule has 1 aliphatic carbocycles. The average Bonchev–Trinajstić information content (AvgIpc) is 3.03. The SMILES string of the molecule is C1=CC(c2ccc3cc4ccccc4cc3c2)c2ccccc21. The standard InChI is InChI=1S/C23H16/c1-2-7-18-14-21-15-20(10-9-19(21)13-17(18)6-1)23-12-11-16-5-3-4-8-22(16)23/h1-15,23H. The first kappa shape index (κ1) is 12.7. The molecule has 1 aliphatic rings. The summed E-state index contributed by atoms with van der Waals surface area (Å²) in [6, 6.07) is 28.7. The van der Waals surface area contributed by atoms with E-state index in [9.17, 15) is 0 Å². The lowest BCUT2D eigenvalue weighted by molar-refractivity contribution is 1.05. The molecule has 0 aromatic heterocycles. The molecule has 0 bridgehead atoms. The normalized spacial score (nSPS) is 16.1. The van der Waals surface area contributed by atoms with Gasteiger partial charge in [-0.05, 0) is 50.4 Å². The predicted molar refractivity (Wildman–Crippen MR) is 98.8 cm³/mol. The average molecular weight is 292 g/mol. The fourth-order valence-corrected chi connectivity index (χ4v) is 3.69. The van der Waals surface area contributed by atoms with Crippen LogP contribution in [0.1, 0.15) is 22.6 Å². The maximum atomic E-state index is 2.35. The second kappa shape index (κ2) is 4.82. The molecule has 4 aromatic rings. The number of hydrogen-bond acceptors (Lipinski definition) is 0. The first-order chi connectivity index (χ1) is 11.4. The maximum absolute atomic E-state index is 2.35. The number of allylic oxidation sites excluding steroid dienone is 1. The molecule has 0 fully saturated rings. The maximum Gasteiger partial charge on any atom is 0.0278 e. The van der Waals surface area contributed by atoms with Crippen molar-refractivity contribution in [1.82, 2.24) is 0 Å². The van der Waals surface area contributed by atoms with Gasteiger partial charge >= 0.3 is 0 Å². The number of benzene rings is 4. The van der Waals surface area contributed by atoms with Gasteiger partial charge in [0.15, 0.2) is 0 Å². The van der Waals surface area contributed by atoms with E-state index in [1.165, 1.54) is 38.2 Å². The highest BCUT2D eigenvalue weighted by Crippen LogP contribution is 2.36. The lowest BCUT2D eigenvalue weighted by Crippen LogP contribution is -1.95. The van der Waals surface area contributed by atoms with E-state index in [4.69, 9.17) is 0 Å². The van der Waals surface area contributed by atoms with Crippen LogP contribution in [-0.4, -0.2) is 0 Å². The van der Waals surface area contributed by atoms with E-state index in [0.717, 1.165) is 0 Å². The molecule has 0 saturated heterocycles. The third-order valence-corrected chi connectivity index (χ3v) is 4.89. The quantitative estimate of drug-likeness (QED) is 0.369. The summed E-state index contributed by atoms with van der Waals surface area (Å²) in [7, 11) is 0. The van der Waals surface area contributed by atoms with Crippen molar-refractivity contribution in [1.29, 1.82) is 0 Å². The van der Waals surface area contributed by atoms with Crippen molar-refractivity contribution in [3.05, 3.63) is 102 Å². The fourth-order valence-electron chi connectivity index (χ4n) is 3.69.